The standard InChI is InChI=1S/C13H15FN4OS.C6H4N2O/c1-15-6-4-12-18-11(8-20-12)13(19)17-7-10-9(14)3-2-5-16-10;1-2-4-6-5(3-1)7-8-9-6/h2-3,5,8,15H,4,6-7H2,1H3,(H,17,19);1-4H. The van der Waals surface area contributed by atoms with Gasteiger partial charge in [-0.3, -0.25) is 9.78 Å². The summed E-state index contributed by atoms with van der Waals surface area (Å²) in [6.07, 6.45) is 2.27. The van der Waals surface area contributed by atoms with Crippen LogP contribution in [-0.2, 0) is 13.0 Å². The van der Waals surface area contributed by atoms with Crippen LogP contribution in [0.4, 0.5) is 4.39 Å². The number of hydrogen-bond acceptors (Lipinski definition) is 8. The second kappa shape index (κ2) is 10.3. The number of nitrogens with one attached hydrogen (secondary N) is 2. The number of likely N-dealkylation sites (N-methyl/N-ethyl adjacent to an activating group) is 1. The molecule has 0 radical (unpaired) electrons. The van der Waals surface area contributed by atoms with Crippen LogP contribution in [0.2, 0.25) is 0 Å². The molecule has 3 aromatic heterocycles. The van der Waals surface area contributed by atoms with Gasteiger partial charge in [0.2, 0.25) is 0 Å². The topological polar surface area (TPSA) is 106 Å². The molecule has 3 heterocycles. The Morgan fingerprint density at radius 2 is 2.10 bits per heavy atom. The largest absolute Gasteiger partial charge is 0.345 e. The van der Waals surface area contributed by atoms with Crippen LogP contribution in [0.15, 0.2) is 52.5 Å². The van der Waals surface area contributed by atoms with Gasteiger partial charge in [-0.05, 0) is 31.3 Å². The number of benzene rings is 1. The second-order valence-electron chi connectivity index (χ2n) is 5.84. The molecule has 1 amide bonds. The van der Waals surface area contributed by atoms with Gasteiger partial charge >= 0.3 is 0 Å². The third-order valence-electron chi connectivity index (χ3n) is 3.78. The highest BCUT2D eigenvalue weighted by atomic mass is 32.1. The molecule has 10 heteroatoms. The number of aromatic nitrogens is 4. The Kier molecular flexibility index (Phi) is 7.31. The zero-order chi connectivity index (χ0) is 20.5. The van der Waals surface area contributed by atoms with Crippen molar-refractivity contribution in [2.24, 2.45) is 0 Å². The van der Waals surface area contributed by atoms with Crippen LogP contribution in [0.3, 0.4) is 0 Å². The number of rotatable bonds is 6. The highest BCUT2D eigenvalue weighted by Crippen LogP contribution is 2.10. The van der Waals surface area contributed by atoms with E-state index in [2.05, 4.69) is 31.0 Å². The van der Waals surface area contributed by atoms with Gasteiger partial charge < -0.3 is 15.2 Å². The molecule has 0 aliphatic carbocycles. The molecule has 8 nitrogen and oxygen atoms in total. The Bertz CT molecular complexity index is 1040. The summed E-state index contributed by atoms with van der Waals surface area (Å²) in [4.78, 5) is 20.0. The van der Waals surface area contributed by atoms with Crippen molar-refractivity contribution >= 4 is 28.3 Å². The average molecular weight is 414 g/mol. The molecule has 1 aromatic carbocycles. The normalized spacial score (nSPS) is 10.4. The van der Waals surface area contributed by atoms with E-state index in [-0.39, 0.29) is 18.1 Å². The third-order valence-corrected chi connectivity index (χ3v) is 4.69. The molecule has 0 fully saturated rings. The molecular weight excluding hydrogens is 395 g/mol. The lowest BCUT2D eigenvalue weighted by Crippen LogP contribution is -2.24. The van der Waals surface area contributed by atoms with Crippen LogP contribution >= 0.6 is 11.3 Å². The zero-order valence-corrected chi connectivity index (χ0v) is 16.4. The lowest BCUT2D eigenvalue weighted by atomic mass is 10.3. The molecule has 0 aliphatic rings. The number of pyridine rings is 1. The van der Waals surface area contributed by atoms with Crippen molar-refractivity contribution in [3.63, 3.8) is 0 Å². The van der Waals surface area contributed by atoms with E-state index in [1.807, 2.05) is 31.3 Å². The van der Waals surface area contributed by atoms with Gasteiger partial charge in [0, 0.05) is 29.8 Å². The van der Waals surface area contributed by atoms with Crippen molar-refractivity contribution in [1.29, 1.82) is 0 Å². The molecule has 4 aromatic rings. The number of carbonyl (C=O) groups excluding carboxylic acids is 1. The zero-order valence-electron chi connectivity index (χ0n) is 15.6. The van der Waals surface area contributed by atoms with Crippen molar-refractivity contribution in [3.05, 3.63) is 70.2 Å². The molecule has 2 N–H and O–H groups in total. The molecule has 0 bridgehead atoms. The maximum absolute atomic E-state index is 13.4. The minimum Gasteiger partial charge on any atom is -0.345 e. The first-order valence-corrected chi connectivity index (χ1v) is 9.69. The van der Waals surface area contributed by atoms with E-state index in [1.54, 1.807) is 5.38 Å². The summed E-state index contributed by atoms with van der Waals surface area (Å²) in [5.41, 5.74) is 2.11. The minimum absolute atomic E-state index is 0.0505. The first-order chi connectivity index (χ1) is 14.2. The number of hydrogen-bond donors (Lipinski definition) is 2. The van der Waals surface area contributed by atoms with E-state index in [4.69, 9.17) is 4.52 Å². The van der Waals surface area contributed by atoms with Crippen molar-refractivity contribution in [2.75, 3.05) is 13.6 Å². The van der Waals surface area contributed by atoms with Crippen molar-refractivity contribution in [1.82, 2.24) is 31.0 Å². The molecule has 0 unspecified atom stereocenters. The van der Waals surface area contributed by atoms with Crippen molar-refractivity contribution < 1.29 is 13.7 Å². The smallest absolute Gasteiger partial charge is 0.271 e. The van der Waals surface area contributed by atoms with Gasteiger partial charge in [0.25, 0.3) is 5.91 Å². The highest BCUT2D eigenvalue weighted by Gasteiger charge is 2.11. The van der Waals surface area contributed by atoms with E-state index >= 15 is 0 Å². The van der Waals surface area contributed by atoms with Crippen LogP contribution in [0.25, 0.3) is 11.1 Å². The number of thiazole rings is 1. The first-order valence-electron chi connectivity index (χ1n) is 8.81. The van der Waals surface area contributed by atoms with Gasteiger partial charge in [-0.2, -0.15) is 0 Å². The monoisotopic (exact) mass is 414 g/mol. The molecule has 4 rings (SSSR count). The Morgan fingerprint density at radius 1 is 1.24 bits per heavy atom. The summed E-state index contributed by atoms with van der Waals surface area (Å²) < 4.78 is 18.1. The second-order valence-corrected chi connectivity index (χ2v) is 6.78. The van der Waals surface area contributed by atoms with Gasteiger partial charge in [-0.1, -0.05) is 12.1 Å². The van der Waals surface area contributed by atoms with E-state index in [0.717, 1.165) is 29.1 Å². The Hall–Kier alpha value is -3.24. The minimum atomic E-state index is -0.430. The van der Waals surface area contributed by atoms with Gasteiger partial charge in [-0.25, -0.2) is 9.37 Å². The molecule has 0 atom stereocenters. The van der Waals surface area contributed by atoms with Crippen molar-refractivity contribution in [3.8, 4) is 0 Å². The molecule has 0 saturated heterocycles. The summed E-state index contributed by atoms with van der Waals surface area (Å²) >= 11 is 1.44. The van der Waals surface area contributed by atoms with Gasteiger partial charge in [0.15, 0.2) is 5.58 Å². The maximum atomic E-state index is 13.4. The summed E-state index contributed by atoms with van der Waals surface area (Å²) in [6, 6.07) is 10.3. The first kappa shape index (κ1) is 20.5. The fourth-order valence-electron chi connectivity index (χ4n) is 2.29. The number of carbonyl (C=O) groups is 1. The van der Waals surface area contributed by atoms with E-state index in [1.165, 1.54) is 29.7 Å². The average Bonchev–Trinajstić information content (AvgIpc) is 3.41. The van der Waals surface area contributed by atoms with E-state index in [9.17, 15) is 9.18 Å². The quantitative estimate of drug-likeness (QED) is 0.499. The predicted molar refractivity (Wildman–Crippen MR) is 107 cm³/mol. The number of halogens is 1. The summed E-state index contributed by atoms with van der Waals surface area (Å²) in [5.74, 6) is -0.747. The molecule has 0 spiro atoms. The lowest BCUT2D eigenvalue weighted by Gasteiger charge is -2.03. The number of fused-ring (bicyclic) bond motifs is 1. The van der Waals surface area contributed by atoms with Crippen LogP contribution in [0.1, 0.15) is 21.2 Å². The summed E-state index contributed by atoms with van der Waals surface area (Å²) in [5, 5.41) is 15.3. The van der Waals surface area contributed by atoms with Crippen molar-refractivity contribution in [2.45, 2.75) is 13.0 Å². The van der Waals surface area contributed by atoms with Gasteiger partial charge in [0.05, 0.1) is 17.2 Å². The van der Waals surface area contributed by atoms with Gasteiger partial charge in [-0.15, -0.1) is 16.4 Å². The van der Waals surface area contributed by atoms with Crippen LogP contribution in [-0.4, -0.2) is 39.8 Å². The predicted octanol–water partition coefficient (Wildman–Crippen LogP) is 2.59. The van der Waals surface area contributed by atoms with Gasteiger partial charge in [0.1, 0.15) is 17.0 Å². The van der Waals surface area contributed by atoms with E-state index < -0.39 is 5.82 Å². The van der Waals surface area contributed by atoms with E-state index in [0.29, 0.717) is 5.69 Å². The van der Waals surface area contributed by atoms with Crippen LogP contribution in [0.5, 0.6) is 0 Å². The Labute approximate surface area is 170 Å². The molecular formula is C19H19FN6O2S. The summed E-state index contributed by atoms with van der Waals surface area (Å²) in [7, 11) is 1.86. The Morgan fingerprint density at radius 3 is 2.90 bits per heavy atom. The molecule has 0 aliphatic heterocycles. The number of nitrogens with zero attached hydrogens (tertiary/aromatic N) is 4. The summed E-state index contributed by atoms with van der Waals surface area (Å²) in [6.45, 7) is 0.864. The molecule has 0 saturated carbocycles. The van der Waals surface area contributed by atoms with Crippen LogP contribution < -0.4 is 10.6 Å². The molecule has 29 heavy (non-hydrogen) atoms. The highest BCUT2D eigenvalue weighted by molar-refractivity contribution is 7.09. The Balaban J connectivity index is 0.000000220. The number of amides is 1. The lowest BCUT2D eigenvalue weighted by molar-refractivity contribution is 0.0945. The fourth-order valence-corrected chi connectivity index (χ4v) is 3.07. The SMILES string of the molecule is CNCCc1nc(C(=O)NCc2ncccc2F)cs1.c1ccc2onnc2c1. The fraction of sp³-hybridized carbons (Fsp3) is 0.211. The molecule has 150 valence electrons. The number of para-hydroxylation sites is 1. The maximum Gasteiger partial charge on any atom is 0.271 e. The third kappa shape index (κ3) is 5.87. The van der Waals surface area contributed by atoms with Crippen LogP contribution in [0, 0.1) is 5.82 Å².